The molecule has 0 bridgehead atoms. The number of ether oxygens (including phenoxy) is 1. The SMILES string of the molecule is COc1ccc(C(=O)c2cc3cc(C)n(CCNS(C)(=O)=O)c3s2)cc1. The first-order valence-electron chi connectivity index (χ1n) is 8.01. The van der Waals surface area contributed by atoms with Gasteiger partial charge in [-0.15, -0.1) is 11.3 Å². The molecule has 3 rings (SSSR count). The number of thiophene rings is 1. The Bertz CT molecular complexity index is 1050. The van der Waals surface area contributed by atoms with Crippen LogP contribution in [-0.4, -0.2) is 38.7 Å². The van der Waals surface area contributed by atoms with Crippen LogP contribution in [-0.2, 0) is 16.6 Å². The number of hydrogen-bond acceptors (Lipinski definition) is 5. The summed E-state index contributed by atoms with van der Waals surface area (Å²) in [6.45, 7) is 2.79. The fourth-order valence-electron chi connectivity index (χ4n) is 2.79. The van der Waals surface area contributed by atoms with E-state index in [0.717, 1.165) is 22.2 Å². The van der Waals surface area contributed by atoms with Crippen molar-refractivity contribution in [2.75, 3.05) is 19.9 Å². The standard InChI is InChI=1S/C18H20N2O4S2/c1-12-10-14-11-16(17(21)13-4-6-15(24-2)7-5-13)25-18(14)20(12)9-8-19-26(3,22)23/h4-7,10-11,19H,8-9H2,1-3H3. The highest BCUT2D eigenvalue weighted by molar-refractivity contribution is 7.88. The Kier molecular flexibility index (Phi) is 5.17. The Balaban J connectivity index is 1.85. The topological polar surface area (TPSA) is 77.4 Å². The number of nitrogens with one attached hydrogen (secondary N) is 1. The number of sulfonamides is 1. The Hall–Kier alpha value is -2.16. The zero-order chi connectivity index (χ0) is 18.9. The van der Waals surface area contributed by atoms with Crippen LogP contribution in [0.15, 0.2) is 36.4 Å². The van der Waals surface area contributed by atoms with Gasteiger partial charge in [-0.3, -0.25) is 4.79 Å². The van der Waals surface area contributed by atoms with Gasteiger partial charge < -0.3 is 9.30 Å². The predicted molar refractivity (Wildman–Crippen MR) is 104 cm³/mol. The van der Waals surface area contributed by atoms with E-state index < -0.39 is 10.0 Å². The van der Waals surface area contributed by atoms with E-state index in [0.29, 0.717) is 29.3 Å². The Morgan fingerprint density at radius 3 is 2.54 bits per heavy atom. The number of carbonyl (C=O) groups is 1. The molecule has 8 heteroatoms. The number of aryl methyl sites for hydroxylation is 1. The molecule has 0 spiro atoms. The molecule has 2 heterocycles. The molecule has 0 aliphatic rings. The van der Waals surface area contributed by atoms with Crippen molar-refractivity contribution in [2.45, 2.75) is 13.5 Å². The van der Waals surface area contributed by atoms with Gasteiger partial charge in [-0.25, -0.2) is 13.1 Å². The molecular weight excluding hydrogens is 372 g/mol. The zero-order valence-electron chi connectivity index (χ0n) is 14.8. The molecule has 6 nitrogen and oxygen atoms in total. The number of nitrogens with zero attached hydrogens (tertiary/aromatic N) is 1. The highest BCUT2D eigenvalue weighted by atomic mass is 32.2. The van der Waals surface area contributed by atoms with Crippen molar-refractivity contribution in [3.63, 3.8) is 0 Å². The van der Waals surface area contributed by atoms with Crippen molar-refractivity contribution in [3.8, 4) is 5.75 Å². The third-order valence-electron chi connectivity index (χ3n) is 4.05. The molecule has 0 unspecified atom stereocenters. The predicted octanol–water partition coefficient (Wildman–Crippen LogP) is 2.80. The molecule has 1 N–H and O–H groups in total. The van der Waals surface area contributed by atoms with Gasteiger partial charge in [0.05, 0.1) is 18.2 Å². The minimum atomic E-state index is -3.22. The molecule has 0 saturated carbocycles. The smallest absolute Gasteiger partial charge is 0.208 e. The van der Waals surface area contributed by atoms with Crippen LogP contribution < -0.4 is 9.46 Å². The van der Waals surface area contributed by atoms with Crippen molar-refractivity contribution in [1.82, 2.24) is 9.29 Å². The third-order valence-corrected chi connectivity index (χ3v) is 5.95. The van der Waals surface area contributed by atoms with E-state index in [1.807, 2.05) is 23.6 Å². The van der Waals surface area contributed by atoms with Crippen LogP contribution >= 0.6 is 11.3 Å². The second-order valence-corrected chi connectivity index (χ2v) is 8.90. The second-order valence-electron chi connectivity index (χ2n) is 6.03. The van der Waals surface area contributed by atoms with Gasteiger partial charge in [0.15, 0.2) is 0 Å². The zero-order valence-corrected chi connectivity index (χ0v) is 16.4. The van der Waals surface area contributed by atoms with Crippen LogP contribution in [0, 0.1) is 6.92 Å². The lowest BCUT2D eigenvalue weighted by atomic mass is 10.1. The van der Waals surface area contributed by atoms with Crippen molar-refractivity contribution >= 4 is 37.4 Å². The molecule has 26 heavy (non-hydrogen) atoms. The fourth-order valence-corrected chi connectivity index (χ4v) is 4.44. The molecule has 138 valence electrons. The first-order chi connectivity index (χ1) is 12.3. The summed E-state index contributed by atoms with van der Waals surface area (Å²) in [5.74, 6) is 0.672. The number of carbonyl (C=O) groups excluding carboxylic acids is 1. The maximum atomic E-state index is 12.7. The Labute approximate surface area is 156 Å². The maximum Gasteiger partial charge on any atom is 0.208 e. The van der Waals surface area contributed by atoms with E-state index in [4.69, 9.17) is 4.74 Å². The van der Waals surface area contributed by atoms with Crippen molar-refractivity contribution in [2.24, 2.45) is 0 Å². The normalized spacial score (nSPS) is 11.8. The monoisotopic (exact) mass is 392 g/mol. The van der Waals surface area contributed by atoms with E-state index in [1.165, 1.54) is 11.3 Å². The van der Waals surface area contributed by atoms with Crippen LogP contribution in [0.2, 0.25) is 0 Å². The maximum absolute atomic E-state index is 12.7. The number of fused-ring (bicyclic) bond motifs is 1. The Morgan fingerprint density at radius 2 is 1.92 bits per heavy atom. The summed E-state index contributed by atoms with van der Waals surface area (Å²) < 4.78 is 32.1. The summed E-state index contributed by atoms with van der Waals surface area (Å²) in [5.41, 5.74) is 1.64. The molecule has 0 aliphatic carbocycles. The number of aromatic nitrogens is 1. The minimum absolute atomic E-state index is 0.0349. The molecule has 0 radical (unpaired) electrons. The molecule has 1 aromatic carbocycles. The minimum Gasteiger partial charge on any atom is -0.497 e. The first kappa shape index (κ1) is 18.6. The van der Waals surface area contributed by atoms with Gasteiger partial charge in [0.2, 0.25) is 15.8 Å². The summed E-state index contributed by atoms with van der Waals surface area (Å²) in [5, 5.41) is 0.990. The van der Waals surface area contributed by atoms with Crippen LogP contribution in [0.5, 0.6) is 5.75 Å². The molecule has 0 saturated heterocycles. The van der Waals surface area contributed by atoms with E-state index >= 15 is 0 Å². The molecule has 0 atom stereocenters. The van der Waals surface area contributed by atoms with Gasteiger partial charge in [0, 0.05) is 29.7 Å². The van der Waals surface area contributed by atoms with Gasteiger partial charge >= 0.3 is 0 Å². The van der Waals surface area contributed by atoms with Gasteiger partial charge in [0.25, 0.3) is 0 Å². The van der Waals surface area contributed by atoms with Gasteiger partial charge in [0.1, 0.15) is 10.6 Å². The number of methoxy groups -OCH3 is 1. The van der Waals surface area contributed by atoms with Crippen molar-refractivity contribution in [1.29, 1.82) is 0 Å². The van der Waals surface area contributed by atoms with Crippen molar-refractivity contribution < 1.29 is 17.9 Å². The van der Waals surface area contributed by atoms with E-state index in [9.17, 15) is 13.2 Å². The van der Waals surface area contributed by atoms with Crippen LogP contribution in [0.1, 0.15) is 20.9 Å². The number of ketones is 1. The van der Waals surface area contributed by atoms with Crippen LogP contribution in [0.4, 0.5) is 0 Å². The fraction of sp³-hybridized carbons (Fsp3) is 0.278. The number of rotatable bonds is 7. The van der Waals surface area contributed by atoms with Crippen molar-refractivity contribution in [3.05, 3.63) is 52.5 Å². The lowest BCUT2D eigenvalue weighted by molar-refractivity contribution is 0.104. The lowest BCUT2D eigenvalue weighted by Gasteiger charge is -2.07. The summed E-state index contributed by atoms with van der Waals surface area (Å²) in [4.78, 5) is 14.3. The highest BCUT2D eigenvalue weighted by Crippen LogP contribution is 2.30. The second kappa shape index (κ2) is 7.22. The van der Waals surface area contributed by atoms with Crippen LogP contribution in [0.25, 0.3) is 10.2 Å². The molecule has 3 aromatic rings. The number of benzene rings is 1. The van der Waals surface area contributed by atoms with Gasteiger partial charge in [-0.2, -0.15) is 0 Å². The molecular formula is C18H20N2O4S2. The lowest BCUT2D eigenvalue weighted by Crippen LogP contribution is -2.26. The van der Waals surface area contributed by atoms with E-state index in [2.05, 4.69) is 4.72 Å². The first-order valence-corrected chi connectivity index (χ1v) is 10.7. The Morgan fingerprint density at radius 1 is 1.23 bits per heavy atom. The summed E-state index contributed by atoms with van der Waals surface area (Å²) in [6, 6.07) is 10.9. The molecule has 0 fully saturated rings. The molecule has 2 aromatic heterocycles. The molecule has 0 amide bonds. The average molecular weight is 393 g/mol. The van der Waals surface area contributed by atoms with Gasteiger partial charge in [-0.1, -0.05) is 0 Å². The van der Waals surface area contributed by atoms with E-state index in [1.54, 1.807) is 31.4 Å². The summed E-state index contributed by atoms with van der Waals surface area (Å²) in [6.07, 6.45) is 1.14. The average Bonchev–Trinajstić information content (AvgIpc) is 3.12. The third kappa shape index (κ3) is 3.98. The van der Waals surface area contributed by atoms with Crippen LogP contribution in [0.3, 0.4) is 0 Å². The summed E-state index contributed by atoms with van der Waals surface area (Å²) >= 11 is 1.42. The van der Waals surface area contributed by atoms with E-state index in [-0.39, 0.29) is 5.78 Å². The largest absolute Gasteiger partial charge is 0.497 e. The number of hydrogen-bond donors (Lipinski definition) is 1. The summed E-state index contributed by atoms with van der Waals surface area (Å²) in [7, 11) is -1.63. The quantitative estimate of drug-likeness (QED) is 0.627. The molecule has 0 aliphatic heterocycles. The highest BCUT2D eigenvalue weighted by Gasteiger charge is 2.16. The van der Waals surface area contributed by atoms with Gasteiger partial charge in [-0.05, 0) is 43.3 Å².